The molecule has 1 N–H and O–H groups in total. The highest BCUT2D eigenvalue weighted by molar-refractivity contribution is 6.00. The molecule has 0 aliphatic heterocycles. The number of non-ortho nitro benzene ring substituents is 1. The van der Waals surface area contributed by atoms with E-state index in [2.05, 4.69) is 0 Å². The Labute approximate surface area is 103 Å². The van der Waals surface area contributed by atoms with Gasteiger partial charge in [0.25, 0.3) is 5.69 Å². The molecule has 6 nitrogen and oxygen atoms in total. The Morgan fingerprint density at radius 1 is 1.33 bits per heavy atom. The summed E-state index contributed by atoms with van der Waals surface area (Å²) in [6.07, 6.45) is -0.347. The Hall–Kier alpha value is -2.08. The zero-order chi connectivity index (χ0) is 13.9. The molecule has 0 aromatic heterocycles. The zero-order valence-electron chi connectivity index (χ0n) is 10.0. The van der Waals surface area contributed by atoms with Crippen LogP contribution >= 0.6 is 0 Å². The van der Waals surface area contributed by atoms with E-state index in [0.717, 1.165) is 0 Å². The molecule has 6 heteroatoms. The third kappa shape index (κ3) is 3.21. The van der Waals surface area contributed by atoms with E-state index >= 15 is 0 Å². The molecule has 0 amide bonds. The lowest BCUT2D eigenvalue weighted by Gasteiger charge is -2.18. The number of hydrogen-bond acceptors (Lipinski definition) is 5. The number of nitro benzene ring substituents is 1. The molecule has 0 fully saturated rings. The maximum Gasteiger partial charge on any atom is 0.269 e. The lowest BCUT2D eigenvalue weighted by Crippen LogP contribution is -2.35. The fraction of sp³-hybridized carbons (Fsp3) is 0.333. The molecule has 1 atom stereocenters. The molecule has 0 bridgehead atoms. The van der Waals surface area contributed by atoms with Crippen LogP contribution in [0.15, 0.2) is 24.3 Å². The maximum absolute atomic E-state index is 11.8. The smallest absolute Gasteiger partial charge is 0.269 e. The van der Waals surface area contributed by atoms with Crippen LogP contribution in [0.3, 0.4) is 0 Å². The number of carbonyl (C=O) groups is 2. The highest BCUT2D eigenvalue weighted by atomic mass is 16.6. The van der Waals surface area contributed by atoms with Gasteiger partial charge in [-0.1, -0.05) is 0 Å². The van der Waals surface area contributed by atoms with Gasteiger partial charge in [-0.3, -0.25) is 19.7 Å². The van der Waals surface area contributed by atoms with Gasteiger partial charge in [-0.15, -0.1) is 0 Å². The molecule has 0 aliphatic carbocycles. The van der Waals surface area contributed by atoms with Crippen molar-refractivity contribution >= 4 is 17.3 Å². The Balaban J connectivity index is 2.86. The van der Waals surface area contributed by atoms with Crippen LogP contribution in [0.25, 0.3) is 0 Å². The molecule has 0 aliphatic rings. The van der Waals surface area contributed by atoms with Crippen LogP contribution < -0.4 is 0 Å². The van der Waals surface area contributed by atoms with Crippen molar-refractivity contribution in [3.63, 3.8) is 0 Å². The molecular formula is C12H13NO5. The lowest BCUT2D eigenvalue weighted by atomic mass is 9.92. The maximum atomic E-state index is 11.8. The van der Waals surface area contributed by atoms with E-state index in [1.165, 1.54) is 38.1 Å². The summed E-state index contributed by atoms with van der Waals surface area (Å²) in [4.78, 5) is 32.7. The van der Waals surface area contributed by atoms with Crippen molar-refractivity contribution in [2.24, 2.45) is 0 Å². The first-order valence-corrected chi connectivity index (χ1v) is 5.25. The van der Waals surface area contributed by atoms with Crippen molar-refractivity contribution in [2.75, 3.05) is 0 Å². The standard InChI is InChI=1S/C12H13NO5/c1-8(14)12(2,16)7-11(15)9-3-5-10(6-4-9)13(17)18/h3-6,16H,7H2,1-2H3. The van der Waals surface area contributed by atoms with Gasteiger partial charge in [0.1, 0.15) is 5.60 Å². The molecule has 0 saturated carbocycles. The summed E-state index contributed by atoms with van der Waals surface area (Å²) in [5.41, 5.74) is -1.61. The van der Waals surface area contributed by atoms with Crippen molar-refractivity contribution in [1.29, 1.82) is 0 Å². The topological polar surface area (TPSA) is 97.5 Å². The van der Waals surface area contributed by atoms with Crippen molar-refractivity contribution < 1.29 is 19.6 Å². The first-order valence-electron chi connectivity index (χ1n) is 5.25. The Kier molecular flexibility index (Phi) is 3.93. The number of rotatable bonds is 5. The van der Waals surface area contributed by atoms with Gasteiger partial charge < -0.3 is 5.11 Å². The van der Waals surface area contributed by atoms with Gasteiger partial charge in [-0.05, 0) is 26.0 Å². The van der Waals surface area contributed by atoms with Gasteiger partial charge in [0.05, 0.1) is 4.92 Å². The number of Topliss-reactive ketones (excluding diaryl/α,β-unsaturated/α-hetero) is 2. The van der Waals surface area contributed by atoms with Crippen LogP contribution in [-0.2, 0) is 4.79 Å². The molecule has 1 aromatic rings. The van der Waals surface area contributed by atoms with Crippen molar-refractivity contribution in [1.82, 2.24) is 0 Å². The number of nitrogens with zero attached hydrogens (tertiary/aromatic N) is 1. The number of carbonyl (C=O) groups excluding carboxylic acids is 2. The third-order valence-electron chi connectivity index (χ3n) is 2.66. The van der Waals surface area contributed by atoms with Gasteiger partial charge in [0, 0.05) is 24.1 Å². The van der Waals surface area contributed by atoms with Crippen LogP contribution in [-0.4, -0.2) is 27.2 Å². The minimum atomic E-state index is -1.71. The van der Waals surface area contributed by atoms with Crippen molar-refractivity contribution in [3.05, 3.63) is 39.9 Å². The van der Waals surface area contributed by atoms with Crippen molar-refractivity contribution in [2.45, 2.75) is 25.9 Å². The van der Waals surface area contributed by atoms with E-state index in [9.17, 15) is 24.8 Å². The summed E-state index contributed by atoms with van der Waals surface area (Å²) in [7, 11) is 0. The zero-order valence-corrected chi connectivity index (χ0v) is 10.0. The minimum absolute atomic E-state index is 0.120. The van der Waals surface area contributed by atoms with Gasteiger partial charge in [0.15, 0.2) is 11.6 Å². The Bertz CT molecular complexity index is 490. The summed E-state index contributed by atoms with van der Waals surface area (Å²) < 4.78 is 0. The molecule has 1 unspecified atom stereocenters. The number of aliphatic hydroxyl groups is 1. The molecule has 0 spiro atoms. The number of hydrogen-bond donors (Lipinski definition) is 1. The van der Waals surface area contributed by atoms with Crippen LogP contribution in [0.4, 0.5) is 5.69 Å². The molecule has 1 aromatic carbocycles. The van der Waals surface area contributed by atoms with E-state index < -0.39 is 22.1 Å². The lowest BCUT2D eigenvalue weighted by molar-refractivity contribution is -0.384. The first-order chi connectivity index (χ1) is 8.24. The second-order valence-electron chi connectivity index (χ2n) is 4.23. The number of ketones is 2. The van der Waals surface area contributed by atoms with Crippen LogP contribution in [0, 0.1) is 10.1 Å². The predicted molar refractivity (Wildman–Crippen MR) is 63.3 cm³/mol. The van der Waals surface area contributed by atoms with E-state index in [1.807, 2.05) is 0 Å². The summed E-state index contributed by atoms with van der Waals surface area (Å²) >= 11 is 0. The molecule has 0 heterocycles. The van der Waals surface area contributed by atoms with Crippen molar-refractivity contribution in [3.8, 4) is 0 Å². The van der Waals surface area contributed by atoms with Crippen LogP contribution in [0.1, 0.15) is 30.6 Å². The van der Waals surface area contributed by atoms with E-state index in [4.69, 9.17) is 0 Å². The van der Waals surface area contributed by atoms with Crippen LogP contribution in [0.5, 0.6) is 0 Å². The molecular weight excluding hydrogens is 238 g/mol. The Morgan fingerprint density at radius 3 is 2.22 bits per heavy atom. The fourth-order valence-corrected chi connectivity index (χ4v) is 1.31. The highest BCUT2D eigenvalue weighted by Gasteiger charge is 2.29. The first kappa shape index (κ1) is 14.0. The number of nitro groups is 1. The second-order valence-corrected chi connectivity index (χ2v) is 4.23. The fourth-order valence-electron chi connectivity index (χ4n) is 1.31. The molecule has 0 saturated heterocycles. The molecule has 96 valence electrons. The summed E-state index contributed by atoms with van der Waals surface area (Å²) in [5, 5.41) is 20.1. The molecule has 0 radical (unpaired) electrons. The van der Waals surface area contributed by atoms with E-state index in [0.29, 0.717) is 0 Å². The second kappa shape index (κ2) is 5.05. The van der Waals surface area contributed by atoms with Gasteiger partial charge in [-0.25, -0.2) is 0 Å². The van der Waals surface area contributed by atoms with Gasteiger partial charge in [0.2, 0.25) is 0 Å². The van der Waals surface area contributed by atoms with Gasteiger partial charge in [-0.2, -0.15) is 0 Å². The SMILES string of the molecule is CC(=O)C(C)(O)CC(=O)c1ccc([N+](=O)[O-])cc1. The minimum Gasteiger partial charge on any atom is -0.382 e. The van der Waals surface area contributed by atoms with E-state index in [1.54, 1.807) is 0 Å². The highest BCUT2D eigenvalue weighted by Crippen LogP contribution is 2.17. The number of benzene rings is 1. The third-order valence-corrected chi connectivity index (χ3v) is 2.66. The molecule has 1 rings (SSSR count). The largest absolute Gasteiger partial charge is 0.382 e. The summed E-state index contributed by atoms with van der Waals surface area (Å²) in [5.74, 6) is -0.942. The van der Waals surface area contributed by atoms with Crippen LogP contribution in [0.2, 0.25) is 0 Å². The monoisotopic (exact) mass is 251 g/mol. The van der Waals surface area contributed by atoms with E-state index in [-0.39, 0.29) is 17.7 Å². The summed E-state index contributed by atoms with van der Waals surface area (Å²) in [6.45, 7) is 2.46. The summed E-state index contributed by atoms with van der Waals surface area (Å²) in [6, 6.07) is 5.01. The Morgan fingerprint density at radius 2 is 1.83 bits per heavy atom. The molecule has 18 heavy (non-hydrogen) atoms. The van der Waals surface area contributed by atoms with Gasteiger partial charge >= 0.3 is 0 Å². The normalized spacial score (nSPS) is 13.7. The quantitative estimate of drug-likeness (QED) is 0.486. The average molecular weight is 251 g/mol. The average Bonchev–Trinajstić information content (AvgIpc) is 2.28. The predicted octanol–water partition coefficient (Wildman–Crippen LogP) is 1.51.